The van der Waals surface area contributed by atoms with Crippen molar-refractivity contribution in [3.8, 4) is 0 Å². The molecule has 0 saturated heterocycles. The van der Waals surface area contributed by atoms with Crippen LogP contribution in [-0.4, -0.2) is 31.1 Å². The van der Waals surface area contributed by atoms with Gasteiger partial charge in [0.15, 0.2) is 0 Å². The first-order valence-electron chi connectivity index (χ1n) is 14.6. The lowest BCUT2D eigenvalue weighted by atomic mass is 9.92. The third-order valence-electron chi connectivity index (χ3n) is 7.07. The van der Waals surface area contributed by atoms with Gasteiger partial charge in [-0.3, -0.25) is 0 Å². The summed E-state index contributed by atoms with van der Waals surface area (Å²) >= 11 is 0. The van der Waals surface area contributed by atoms with Crippen LogP contribution in [0.15, 0.2) is 0 Å². The fraction of sp³-hybridized carbons (Fsp3) is 1.00. The molecule has 0 fully saturated rings. The second-order valence-corrected chi connectivity index (χ2v) is 10.3. The Balaban J connectivity index is 4.65. The first kappa shape index (κ1) is 30.9. The molecule has 2 nitrogen and oxygen atoms in total. The van der Waals surface area contributed by atoms with Crippen LogP contribution in [0.5, 0.6) is 0 Å². The fourth-order valence-corrected chi connectivity index (χ4v) is 5.16. The van der Waals surface area contributed by atoms with Gasteiger partial charge in [-0.2, -0.15) is 0 Å². The minimum atomic E-state index is 0.814. The zero-order valence-electron chi connectivity index (χ0n) is 22.4. The van der Waals surface area contributed by atoms with E-state index >= 15 is 0 Å². The van der Waals surface area contributed by atoms with Gasteiger partial charge in [0.05, 0.1) is 0 Å². The molecule has 0 heterocycles. The van der Waals surface area contributed by atoms with Gasteiger partial charge in [0.25, 0.3) is 0 Å². The molecular weight excluding hydrogens is 376 g/mol. The monoisotopic (exact) mass is 438 g/mol. The van der Waals surface area contributed by atoms with E-state index in [-0.39, 0.29) is 0 Å². The Morgan fingerprint density at radius 1 is 0.484 bits per heavy atom. The predicted octanol–water partition coefficient (Wildman–Crippen LogP) is 8.97. The van der Waals surface area contributed by atoms with Gasteiger partial charge in [-0.1, -0.05) is 124 Å². The van der Waals surface area contributed by atoms with Crippen LogP contribution in [0.25, 0.3) is 0 Å². The van der Waals surface area contributed by atoms with Crippen molar-refractivity contribution in [2.75, 3.05) is 26.2 Å². The lowest BCUT2D eigenvalue weighted by Gasteiger charge is -2.31. The smallest absolute Gasteiger partial charge is 0.0105 e. The Morgan fingerprint density at radius 2 is 0.871 bits per heavy atom. The van der Waals surface area contributed by atoms with Gasteiger partial charge in [-0.15, -0.1) is 0 Å². The van der Waals surface area contributed by atoms with Crippen molar-refractivity contribution in [1.82, 2.24) is 4.90 Å². The van der Waals surface area contributed by atoms with Crippen LogP contribution >= 0.6 is 0 Å². The van der Waals surface area contributed by atoms with E-state index in [0.29, 0.717) is 0 Å². The molecule has 0 aliphatic rings. The van der Waals surface area contributed by atoms with Gasteiger partial charge >= 0.3 is 0 Å². The zero-order valence-corrected chi connectivity index (χ0v) is 22.4. The Kier molecular flexibility index (Phi) is 24.5. The van der Waals surface area contributed by atoms with E-state index in [9.17, 15) is 0 Å². The molecule has 31 heavy (non-hydrogen) atoms. The number of rotatable bonds is 25. The molecule has 0 aliphatic carbocycles. The number of nitrogens with two attached hydrogens (primary N) is 1. The molecule has 0 aromatic rings. The molecule has 2 unspecified atom stereocenters. The van der Waals surface area contributed by atoms with Crippen LogP contribution in [0.2, 0.25) is 0 Å². The standard InChI is InChI=1S/C29H62N2/c1-5-9-12-15-16-19-23-29(22-18-14-11-7-3)27-31(25-24-30)26-28(20-8-4)21-17-13-10-6-2/h28-29H,5-27,30H2,1-4H3. The molecule has 0 spiro atoms. The third kappa shape index (κ3) is 20.3. The van der Waals surface area contributed by atoms with Crippen molar-refractivity contribution in [3.63, 3.8) is 0 Å². The Labute approximate surface area is 198 Å². The molecule has 0 aromatic heterocycles. The van der Waals surface area contributed by atoms with E-state index in [0.717, 1.165) is 24.9 Å². The summed E-state index contributed by atoms with van der Waals surface area (Å²) in [6.07, 6.45) is 26.8. The van der Waals surface area contributed by atoms with E-state index in [4.69, 9.17) is 5.73 Å². The van der Waals surface area contributed by atoms with E-state index in [1.165, 1.54) is 135 Å². The van der Waals surface area contributed by atoms with E-state index in [1.54, 1.807) is 0 Å². The van der Waals surface area contributed by atoms with Crippen LogP contribution in [0.4, 0.5) is 0 Å². The zero-order chi connectivity index (χ0) is 23.0. The van der Waals surface area contributed by atoms with Crippen molar-refractivity contribution in [2.45, 2.75) is 150 Å². The number of unbranched alkanes of at least 4 members (excludes halogenated alkanes) is 11. The van der Waals surface area contributed by atoms with Gasteiger partial charge < -0.3 is 10.6 Å². The van der Waals surface area contributed by atoms with Gasteiger partial charge in [0, 0.05) is 26.2 Å². The highest BCUT2D eigenvalue weighted by atomic mass is 15.1. The minimum Gasteiger partial charge on any atom is -0.329 e. The summed E-state index contributed by atoms with van der Waals surface area (Å²) in [7, 11) is 0. The van der Waals surface area contributed by atoms with Crippen molar-refractivity contribution < 1.29 is 0 Å². The summed E-state index contributed by atoms with van der Waals surface area (Å²) in [6, 6.07) is 0. The maximum Gasteiger partial charge on any atom is 0.0105 e. The van der Waals surface area contributed by atoms with Crippen molar-refractivity contribution in [3.05, 3.63) is 0 Å². The van der Waals surface area contributed by atoms with E-state index < -0.39 is 0 Å². The number of nitrogens with zero attached hydrogens (tertiary/aromatic N) is 1. The fourth-order valence-electron chi connectivity index (χ4n) is 5.16. The van der Waals surface area contributed by atoms with E-state index in [1.807, 2.05) is 0 Å². The van der Waals surface area contributed by atoms with Crippen molar-refractivity contribution in [2.24, 2.45) is 17.6 Å². The molecule has 0 rings (SSSR count). The average Bonchev–Trinajstić information content (AvgIpc) is 2.76. The third-order valence-corrected chi connectivity index (χ3v) is 7.07. The Hall–Kier alpha value is -0.0800. The van der Waals surface area contributed by atoms with Crippen LogP contribution in [0.1, 0.15) is 150 Å². The molecule has 0 saturated carbocycles. The topological polar surface area (TPSA) is 29.3 Å². The van der Waals surface area contributed by atoms with Gasteiger partial charge in [-0.25, -0.2) is 0 Å². The summed E-state index contributed by atoms with van der Waals surface area (Å²) in [5.41, 5.74) is 6.06. The highest BCUT2D eigenvalue weighted by Gasteiger charge is 2.18. The minimum absolute atomic E-state index is 0.814. The van der Waals surface area contributed by atoms with Crippen LogP contribution < -0.4 is 5.73 Å². The average molecular weight is 439 g/mol. The summed E-state index contributed by atoms with van der Waals surface area (Å²) < 4.78 is 0. The van der Waals surface area contributed by atoms with Crippen molar-refractivity contribution >= 4 is 0 Å². The van der Waals surface area contributed by atoms with Crippen LogP contribution in [0, 0.1) is 11.8 Å². The molecule has 2 N–H and O–H groups in total. The maximum atomic E-state index is 6.06. The molecule has 0 bridgehead atoms. The number of hydrogen-bond donors (Lipinski definition) is 1. The summed E-state index contributed by atoms with van der Waals surface area (Å²) in [5, 5.41) is 0. The first-order valence-corrected chi connectivity index (χ1v) is 14.6. The highest BCUT2D eigenvalue weighted by molar-refractivity contribution is 4.72. The van der Waals surface area contributed by atoms with Crippen LogP contribution in [0.3, 0.4) is 0 Å². The second-order valence-electron chi connectivity index (χ2n) is 10.3. The quantitative estimate of drug-likeness (QED) is 0.144. The lowest BCUT2D eigenvalue weighted by molar-refractivity contribution is 0.178. The molecule has 0 aromatic carbocycles. The normalized spacial score (nSPS) is 13.7. The Morgan fingerprint density at radius 3 is 1.29 bits per heavy atom. The highest BCUT2D eigenvalue weighted by Crippen LogP contribution is 2.23. The predicted molar refractivity (Wildman–Crippen MR) is 143 cm³/mol. The lowest BCUT2D eigenvalue weighted by Crippen LogP contribution is -2.37. The van der Waals surface area contributed by atoms with Crippen LogP contribution in [-0.2, 0) is 0 Å². The maximum absolute atomic E-state index is 6.06. The summed E-state index contributed by atoms with van der Waals surface area (Å²) in [6.45, 7) is 13.8. The van der Waals surface area contributed by atoms with E-state index in [2.05, 4.69) is 32.6 Å². The van der Waals surface area contributed by atoms with Gasteiger partial charge in [0.2, 0.25) is 0 Å². The second kappa shape index (κ2) is 24.6. The molecule has 188 valence electrons. The summed E-state index contributed by atoms with van der Waals surface area (Å²) in [4.78, 5) is 2.77. The first-order chi connectivity index (χ1) is 15.2. The summed E-state index contributed by atoms with van der Waals surface area (Å²) in [5.74, 6) is 1.76. The molecule has 2 atom stereocenters. The van der Waals surface area contributed by atoms with Crippen molar-refractivity contribution in [1.29, 1.82) is 0 Å². The number of hydrogen-bond acceptors (Lipinski definition) is 2. The SMILES string of the molecule is CCCCCCCCC(CCCCCC)CN(CCN)CC(CCC)CCCCCC. The Bertz CT molecular complexity index is 331. The van der Waals surface area contributed by atoms with Gasteiger partial charge in [0.1, 0.15) is 0 Å². The molecular formula is C29H62N2. The molecule has 0 radical (unpaired) electrons. The van der Waals surface area contributed by atoms with Gasteiger partial charge in [-0.05, 0) is 37.5 Å². The molecule has 0 amide bonds. The molecule has 0 aliphatic heterocycles. The molecule has 2 heteroatoms. The largest absolute Gasteiger partial charge is 0.329 e.